The normalized spacial score (nSPS) is 23.7. The highest BCUT2D eigenvalue weighted by atomic mass is 32.2. The minimum absolute atomic E-state index is 0.143. The summed E-state index contributed by atoms with van der Waals surface area (Å²) in [6.07, 6.45) is 2.39. The number of amides is 1. The molecule has 5 nitrogen and oxygen atoms in total. The minimum atomic E-state index is 0.143. The summed E-state index contributed by atoms with van der Waals surface area (Å²) in [5.41, 5.74) is 0.762. The molecule has 0 aromatic heterocycles. The van der Waals surface area contributed by atoms with Gasteiger partial charge >= 0.3 is 0 Å². The zero-order chi connectivity index (χ0) is 17.6. The molecule has 2 bridgehead atoms. The number of aliphatic hydroxyl groups is 1. The van der Waals surface area contributed by atoms with E-state index >= 15 is 0 Å². The van der Waals surface area contributed by atoms with Gasteiger partial charge in [0.25, 0.3) is 5.91 Å². The highest BCUT2D eigenvalue weighted by molar-refractivity contribution is 7.99. The monoisotopic (exact) mass is 364 g/mol. The van der Waals surface area contributed by atoms with Crippen LogP contribution in [0.2, 0.25) is 0 Å². The molecule has 1 amide bonds. The number of thioether (sulfide) groups is 1. The van der Waals surface area contributed by atoms with Crippen molar-refractivity contribution in [2.75, 3.05) is 52.3 Å². The Morgan fingerprint density at radius 3 is 2.76 bits per heavy atom. The number of hydrogen-bond acceptors (Lipinski definition) is 5. The lowest BCUT2D eigenvalue weighted by Gasteiger charge is -2.35. The molecule has 3 aliphatic rings. The molecule has 138 valence electrons. The Balaban J connectivity index is 1.64. The quantitative estimate of drug-likeness (QED) is 0.750. The van der Waals surface area contributed by atoms with Crippen LogP contribution >= 0.6 is 11.8 Å². The third kappa shape index (κ3) is 4.76. The lowest BCUT2D eigenvalue weighted by Crippen LogP contribution is -2.45. The van der Waals surface area contributed by atoms with Gasteiger partial charge in [0.05, 0.1) is 13.2 Å². The van der Waals surface area contributed by atoms with Crippen LogP contribution in [0.25, 0.3) is 0 Å². The highest BCUT2D eigenvalue weighted by Gasteiger charge is 2.36. The number of aliphatic hydroxyl groups excluding tert-OH is 1. The Morgan fingerprint density at radius 1 is 1.24 bits per heavy atom. The average Bonchev–Trinajstić information content (AvgIpc) is 2.96. The van der Waals surface area contributed by atoms with Crippen LogP contribution in [0.4, 0.5) is 0 Å². The minimum Gasteiger partial charge on any atom is -0.396 e. The molecule has 0 unspecified atom stereocenters. The zero-order valence-electron chi connectivity index (χ0n) is 14.9. The maximum absolute atomic E-state index is 13.0. The van der Waals surface area contributed by atoms with E-state index in [0.717, 1.165) is 43.2 Å². The SMILES string of the molecule is COCCN1C[C@H]2CC[C@@H]1CN(C(=O)c1ccc(SCCO)cc1)C2. The van der Waals surface area contributed by atoms with Gasteiger partial charge in [-0.1, -0.05) is 0 Å². The number of fused-ring (bicyclic) bond motifs is 4. The van der Waals surface area contributed by atoms with Crippen LogP contribution in [0.15, 0.2) is 29.2 Å². The van der Waals surface area contributed by atoms with E-state index in [1.165, 1.54) is 12.8 Å². The van der Waals surface area contributed by atoms with Crippen LogP contribution in [0.5, 0.6) is 0 Å². The van der Waals surface area contributed by atoms with E-state index in [1.807, 2.05) is 29.2 Å². The van der Waals surface area contributed by atoms with Gasteiger partial charge in [0, 0.05) is 55.5 Å². The maximum Gasteiger partial charge on any atom is 0.253 e. The summed E-state index contributed by atoms with van der Waals surface area (Å²) in [7, 11) is 1.74. The number of piperidine rings is 1. The van der Waals surface area contributed by atoms with E-state index in [2.05, 4.69) is 4.90 Å². The molecule has 25 heavy (non-hydrogen) atoms. The van der Waals surface area contributed by atoms with Crippen molar-refractivity contribution >= 4 is 17.7 Å². The number of nitrogens with zero attached hydrogens (tertiary/aromatic N) is 2. The largest absolute Gasteiger partial charge is 0.396 e. The number of carbonyl (C=O) groups excluding carboxylic acids is 1. The third-order valence-electron chi connectivity index (χ3n) is 5.16. The van der Waals surface area contributed by atoms with E-state index in [9.17, 15) is 4.79 Å². The fourth-order valence-corrected chi connectivity index (χ4v) is 4.52. The number of carbonyl (C=O) groups is 1. The molecule has 3 aliphatic heterocycles. The molecule has 3 heterocycles. The molecule has 2 atom stereocenters. The molecule has 0 aliphatic carbocycles. The number of ether oxygens (including phenoxy) is 1. The van der Waals surface area contributed by atoms with Crippen molar-refractivity contribution in [1.29, 1.82) is 0 Å². The van der Waals surface area contributed by atoms with Gasteiger partial charge in [-0.15, -0.1) is 11.8 Å². The van der Waals surface area contributed by atoms with Crippen molar-refractivity contribution in [2.24, 2.45) is 5.92 Å². The highest BCUT2D eigenvalue weighted by Crippen LogP contribution is 2.29. The van der Waals surface area contributed by atoms with Crippen LogP contribution < -0.4 is 0 Å². The van der Waals surface area contributed by atoms with Crippen molar-refractivity contribution in [3.8, 4) is 0 Å². The molecule has 3 saturated heterocycles. The fraction of sp³-hybridized carbons (Fsp3) is 0.632. The van der Waals surface area contributed by atoms with Gasteiger partial charge in [0.2, 0.25) is 0 Å². The predicted octanol–water partition coefficient (Wildman–Crippen LogP) is 1.95. The van der Waals surface area contributed by atoms with E-state index < -0.39 is 0 Å². The summed E-state index contributed by atoms with van der Waals surface area (Å²) in [4.78, 5) is 18.6. The van der Waals surface area contributed by atoms with E-state index in [0.29, 0.717) is 17.7 Å². The zero-order valence-corrected chi connectivity index (χ0v) is 15.7. The van der Waals surface area contributed by atoms with E-state index in [1.54, 1.807) is 18.9 Å². The van der Waals surface area contributed by atoms with Crippen molar-refractivity contribution in [2.45, 2.75) is 23.8 Å². The molecular formula is C19H28N2O3S. The standard InChI is InChI=1S/C19H28N2O3S/c1-24-10-8-20-12-15-2-5-17(20)14-21(13-15)19(23)16-3-6-18(7-4-16)25-11-9-22/h3-4,6-7,15,17,22H,2,5,8-14H2,1H3/t15-,17-/m1/s1. The summed E-state index contributed by atoms with van der Waals surface area (Å²) in [5, 5.41) is 8.90. The van der Waals surface area contributed by atoms with Crippen molar-refractivity contribution in [1.82, 2.24) is 9.80 Å². The Bertz CT molecular complexity index is 566. The van der Waals surface area contributed by atoms with Gasteiger partial charge in [0.1, 0.15) is 0 Å². The third-order valence-corrected chi connectivity index (χ3v) is 6.15. The van der Waals surface area contributed by atoms with Crippen molar-refractivity contribution in [3.05, 3.63) is 29.8 Å². The van der Waals surface area contributed by atoms with Gasteiger partial charge in [-0.25, -0.2) is 0 Å². The Kier molecular flexibility index (Phi) is 6.76. The molecule has 1 aromatic carbocycles. The first kappa shape index (κ1) is 18.7. The Morgan fingerprint density at radius 2 is 2.04 bits per heavy atom. The fourth-order valence-electron chi connectivity index (χ4n) is 3.87. The van der Waals surface area contributed by atoms with Crippen LogP contribution in [-0.2, 0) is 4.74 Å². The van der Waals surface area contributed by atoms with Gasteiger partial charge < -0.3 is 14.7 Å². The van der Waals surface area contributed by atoms with E-state index in [-0.39, 0.29) is 12.5 Å². The predicted molar refractivity (Wildman–Crippen MR) is 100 cm³/mol. The molecule has 1 aromatic rings. The first-order chi connectivity index (χ1) is 12.2. The van der Waals surface area contributed by atoms with Gasteiger partial charge in [-0.3, -0.25) is 9.69 Å². The van der Waals surface area contributed by atoms with Crippen molar-refractivity contribution in [3.63, 3.8) is 0 Å². The second kappa shape index (κ2) is 9.03. The molecule has 0 saturated carbocycles. The topological polar surface area (TPSA) is 53.0 Å². The van der Waals surface area contributed by atoms with Crippen LogP contribution in [0.3, 0.4) is 0 Å². The van der Waals surface area contributed by atoms with Crippen LogP contribution in [0.1, 0.15) is 23.2 Å². The lowest BCUT2D eigenvalue weighted by atomic mass is 9.95. The molecule has 4 rings (SSSR count). The molecule has 1 N–H and O–H groups in total. The van der Waals surface area contributed by atoms with Crippen molar-refractivity contribution < 1.29 is 14.6 Å². The number of hydrogen-bond donors (Lipinski definition) is 1. The Labute approximate surface area is 154 Å². The molecular weight excluding hydrogens is 336 g/mol. The maximum atomic E-state index is 13.0. The van der Waals surface area contributed by atoms with Crippen LogP contribution in [-0.4, -0.2) is 79.1 Å². The number of methoxy groups -OCH3 is 1. The molecule has 0 radical (unpaired) electrons. The van der Waals surface area contributed by atoms with Gasteiger partial charge in [-0.05, 0) is 43.0 Å². The molecule has 0 spiro atoms. The second-order valence-electron chi connectivity index (χ2n) is 6.89. The van der Waals surface area contributed by atoms with Gasteiger partial charge in [-0.2, -0.15) is 0 Å². The smallest absolute Gasteiger partial charge is 0.253 e. The average molecular weight is 365 g/mol. The molecule has 6 heteroatoms. The molecule has 3 fully saturated rings. The summed E-state index contributed by atoms with van der Waals surface area (Å²) in [6.45, 7) is 4.64. The summed E-state index contributed by atoms with van der Waals surface area (Å²) in [6, 6.07) is 8.24. The van der Waals surface area contributed by atoms with Gasteiger partial charge in [0.15, 0.2) is 0 Å². The van der Waals surface area contributed by atoms with E-state index in [4.69, 9.17) is 9.84 Å². The Hall–Kier alpha value is -1.08. The summed E-state index contributed by atoms with van der Waals surface area (Å²) < 4.78 is 5.24. The second-order valence-corrected chi connectivity index (χ2v) is 8.06. The number of benzene rings is 1. The number of rotatable bonds is 7. The van der Waals surface area contributed by atoms with Crippen LogP contribution in [0, 0.1) is 5.92 Å². The first-order valence-electron chi connectivity index (χ1n) is 9.07. The summed E-state index contributed by atoms with van der Waals surface area (Å²) >= 11 is 1.60. The summed E-state index contributed by atoms with van der Waals surface area (Å²) in [5.74, 6) is 1.39. The first-order valence-corrected chi connectivity index (χ1v) is 10.1. The lowest BCUT2D eigenvalue weighted by molar-refractivity contribution is 0.0717.